The first kappa shape index (κ1) is 14.8. The Morgan fingerprint density at radius 3 is 2.58 bits per heavy atom. The number of fused-ring (bicyclic) bond motifs is 1. The molecule has 0 saturated heterocycles. The van der Waals surface area contributed by atoms with Crippen LogP contribution in [0.25, 0.3) is 22.6 Å². The largest absolute Gasteiger partial charge is 0.436 e. The number of nitrogens with one attached hydrogen (secondary N) is 1. The first-order chi connectivity index (χ1) is 11.7. The van der Waals surface area contributed by atoms with Crippen LogP contribution in [0.2, 0.25) is 5.02 Å². The minimum atomic E-state index is 0.621. The predicted octanol–water partition coefficient (Wildman–Crippen LogP) is 6.20. The molecule has 0 aliphatic carbocycles. The van der Waals surface area contributed by atoms with Crippen molar-refractivity contribution in [3.63, 3.8) is 0 Å². The van der Waals surface area contributed by atoms with Crippen LogP contribution in [0.15, 0.2) is 71.1 Å². The molecule has 1 heterocycles. The molecule has 0 fully saturated rings. The number of halogens is 1. The molecule has 4 heteroatoms. The van der Waals surface area contributed by atoms with Gasteiger partial charge >= 0.3 is 0 Å². The Labute approximate surface area is 144 Å². The molecule has 0 saturated carbocycles. The van der Waals surface area contributed by atoms with E-state index in [2.05, 4.69) is 10.3 Å². The molecule has 0 aliphatic heterocycles. The van der Waals surface area contributed by atoms with Crippen LogP contribution in [-0.2, 0) is 0 Å². The average molecular weight is 335 g/mol. The van der Waals surface area contributed by atoms with Crippen LogP contribution in [-0.4, -0.2) is 4.98 Å². The smallest absolute Gasteiger partial charge is 0.227 e. The zero-order valence-corrected chi connectivity index (χ0v) is 13.8. The van der Waals surface area contributed by atoms with Crippen LogP contribution in [0.5, 0.6) is 0 Å². The molecule has 118 valence electrons. The van der Waals surface area contributed by atoms with Crippen LogP contribution >= 0.6 is 11.6 Å². The molecule has 0 unspecified atom stereocenters. The van der Waals surface area contributed by atoms with Crippen molar-refractivity contribution < 1.29 is 4.42 Å². The third-order valence-corrected chi connectivity index (χ3v) is 4.04. The van der Waals surface area contributed by atoms with E-state index in [0.29, 0.717) is 5.89 Å². The van der Waals surface area contributed by atoms with Gasteiger partial charge in [0.15, 0.2) is 5.58 Å². The third kappa shape index (κ3) is 2.99. The van der Waals surface area contributed by atoms with Crippen molar-refractivity contribution in [1.29, 1.82) is 0 Å². The summed E-state index contributed by atoms with van der Waals surface area (Å²) in [4.78, 5) is 4.59. The van der Waals surface area contributed by atoms with Crippen LogP contribution in [0.1, 0.15) is 5.56 Å². The second-order valence-corrected chi connectivity index (χ2v) is 6.14. The van der Waals surface area contributed by atoms with Gasteiger partial charge in [0.2, 0.25) is 5.89 Å². The van der Waals surface area contributed by atoms with Crippen molar-refractivity contribution in [3.8, 4) is 11.5 Å². The average Bonchev–Trinajstić information content (AvgIpc) is 3.00. The maximum Gasteiger partial charge on any atom is 0.227 e. The zero-order valence-electron chi connectivity index (χ0n) is 13.1. The van der Waals surface area contributed by atoms with E-state index >= 15 is 0 Å². The molecule has 0 spiro atoms. The summed E-state index contributed by atoms with van der Waals surface area (Å²) in [7, 11) is 0. The van der Waals surface area contributed by atoms with Crippen molar-refractivity contribution in [2.24, 2.45) is 0 Å². The summed E-state index contributed by atoms with van der Waals surface area (Å²) in [5.74, 6) is 0.621. The van der Waals surface area contributed by atoms with Gasteiger partial charge in [0.05, 0.1) is 0 Å². The van der Waals surface area contributed by atoms with Gasteiger partial charge in [-0.3, -0.25) is 0 Å². The number of anilines is 2. The minimum absolute atomic E-state index is 0.621. The Morgan fingerprint density at radius 1 is 0.917 bits per heavy atom. The Kier molecular flexibility index (Phi) is 3.71. The highest BCUT2D eigenvalue weighted by Crippen LogP contribution is 2.28. The molecular formula is C20H15ClN2O. The Balaban J connectivity index is 1.66. The van der Waals surface area contributed by atoms with E-state index in [1.54, 1.807) is 0 Å². The number of hydrogen-bond acceptors (Lipinski definition) is 3. The number of nitrogens with zero attached hydrogens (tertiary/aromatic N) is 1. The molecule has 1 aromatic heterocycles. The lowest BCUT2D eigenvalue weighted by Crippen LogP contribution is -1.90. The number of rotatable bonds is 3. The Bertz CT molecular complexity index is 1010. The lowest BCUT2D eigenvalue weighted by atomic mass is 10.2. The number of aromatic nitrogens is 1. The highest BCUT2D eigenvalue weighted by atomic mass is 35.5. The molecule has 0 atom stereocenters. The van der Waals surface area contributed by atoms with E-state index in [9.17, 15) is 0 Å². The topological polar surface area (TPSA) is 38.1 Å². The Hall–Kier alpha value is -2.78. The quantitative estimate of drug-likeness (QED) is 0.484. The molecule has 0 bridgehead atoms. The zero-order chi connectivity index (χ0) is 16.5. The van der Waals surface area contributed by atoms with Crippen molar-refractivity contribution in [2.75, 3.05) is 5.32 Å². The van der Waals surface area contributed by atoms with Gasteiger partial charge in [0, 0.05) is 22.0 Å². The van der Waals surface area contributed by atoms with Crippen molar-refractivity contribution in [3.05, 3.63) is 77.3 Å². The standard InChI is InChI=1S/C20H15ClN2O/c1-13-5-10-19-18(11-13)23-20(24-19)14-3-2-4-17(12-14)22-16-8-6-15(21)7-9-16/h2-12,22H,1H3. The summed E-state index contributed by atoms with van der Waals surface area (Å²) in [6, 6.07) is 21.6. The summed E-state index contributed by atoms with van der Waals surface area (Å²) >= 11 is 5.92. The van der Waals surface area contributed by atoms with Crippen molar-refractivity contribution in [1.82, 2.24) is 4.98 Å². The number of hydrogen-bond donors (Lipinski definition) is 1. The maximum absolute atomic E-state index is 5.92. The third-order valence-electron chi connectivity index (χ3n) is 3.79. The number of oxazole rings is 1. The fourth-order valence-electron chi connectivity index (χ4n) is 2.59. The lowest BCUT2D eigenvalue weighted by Gasteiger charge is -2.07. The highest BCUT2D eigenvalue weighted by molar-refractivity contribution is 6.30. The van der Waals surface area contributed by atoms with E-state index < -0.39 is 0 Å². The van der Waals surface area contributed by atoms with Crippen LogP contribution in [0.4, 0.5) is 11.4 Å². The molecule has 3 nitrogen and oxygen atoms in total. The molecule has 0 radical (unpaired) electrons. The van der Waals surface area contributed by atoms with Gasteiger partial charge in [0.25, 0.3) is 0 Å². The molecule has 24 heavy (non-hydrogen) atoms. The van der Waals surface area contributed by atoms with Gasteiger partial charge in [-0.2, -0.15) is 0 Å². The fraction of sp³-hybridized carbons (Fsp3) is 0.0500. The van der Waals surface area contributed by atoms with Crippen LogP contribution in [0.3, 0.4) is 0 Å². The summed E-state index contributed by atoms with van der Waals surface area (Å²) in [6.45, 7) is 2.05. The van der Waals surface area contributed by atoms with Crippen molar-refractivity contribution in [2.45, 2.75) is 6.92 Å². The fourth-order valence-corrected chi connectivity index (χ4v) is 2.72. The van der Waals surface area contributed by atoms with E-state index in [1.165, 1.54) is 5.56 Å². The van der Waals surface area contributed by atoms with Gasteiger partial charge in [0.1, 0.15) is 5.52 Å². The van der Waals surface area contributed by atoms with Gasteiger partial charge in [-0.1, -0.05) is 23.7 Å². The van der Waals surface area contributed by atoms with E-state index in [4.69, 9.17) is 16.0 Å². The van der Waals surface area contributed by atoms with E-state index in [0.717, 1.165) is 33.1 Å². The molecule has 1 N–H and O–H groups in total. The summed E-state index contributed by atoms with van der Waals surface area (Å²) in [5.41, 5.74) is 5.72. The van der Waals surface area contributed by atoms with Crippen LogP contribution < -0.4 is 5.32 Å². The van der Waals surface area contributed by atoms with Gasteiger partial charge < -0.3 is 9.73 Å². The van der Waals surface area contributed by atoms with Gasteiger partial charge in [-0.15, -0.1) is 0 Å². The summed E-state index contributed by atoms with van der Waals surface area (Å²) in [6.07, 6.45) is 0. The summed E-state index contributed by atoms with van der Waals surface area (Å²) < 4.78 is 5.87. The molecule has 4 aromatic rings. The van der Waals surface area contributed by atoms with E-state index in [-0.39, 0.29) is 0 Å². The monoisotopic (exact) mass is 334 g/mol. The lowest BCUT2D eigenvalue weighted by molar-refractivity contribution is 0.620. The molecular weight excluding hydrogens is 320 g/mol. The molecule has 0 amide bonds. The van der Waals surface area contributed by atoms with Crippen molar-refractivity contribution >= 4 is 34.1 Å². The van der Waals surface area contributed by atoms with E-state index in [1.807, 2.05) is 73.7 Å². The summed E-state index contributed by atoms with van der Waals surface area (Å²) in [5, 5.41) is 4.07. The first-order valence-corrected chi connectivity index (χ1v) is 8.05. The van der Waals surface area contributed by atoms with Gasteiger partial charge in [-0.05, 0) is 67.1 Å². The normalized spacial score (nSPS) is 10.9. The van der Waals surface area contributed by atoms with Crippen LogP contribution in [0, 0.1) is 6.92 Å². The molecule has 3 aromatic carbocycles. The molecule has 0 aliphatic rings. The Morgan fingerprint density at radius 2 is 1.75 bits per heavy atom. The minimum Gasteiger partial charge on any atom is -0.436 e. The maximum atomic E-state index is 5.92. The second kappa shape index (κ2) is 6.02. The van der Waals surface area contributed by atoms with Gasteiger partial charge in [-0.25, -0.2) is 4.98 Å². The highest BCUT2D eigenvalue weighted by Gasteiger charge is 2.09. The molecule has 4 rings (SSSR count). The number of aryl methyl sites for hydroxylation is 1. The first-order valence-electron chi connectivity index (χ1n) is 7.68. The SMILES string of the molecule is Cc1ccc2oc(-c3cccc(Nc4ccc(Cl)cc4)c3)nc2c1. The number of benzene rings is 3. The predicted molar refractivity (Wildman–Crippen MR) is 98.9 cm³/mol. The second-order valence-electron chi connectivity index (χ2n) is 5.70.